The average Bonchev–Trinajstić information content (AvgIpc) is 3.13. The Hall–Kier alpha value is -3.26. The van der Waals surface area contributed by atoms with Crippen LogP contribution < -0.4 is 16.6 Å². The van der Waals surface area contributed by atoms with Gasteiger partial charge in [0.1, 0.15) is 5.82 Å². The van der Waals surface area contributed by atoms with Gasteiger partial charge in [-0.3, -0.25) is 20.0 Å². The summed E-state index contributed by atoms with van der Waals surface area (Å²) in [7, 11) is 0. The number of rotatable bonds is 2. The van der Waals surface area contributed by atoms with Gasteiger partial charge in [-0.15, -0.1) is 0 Å². The monoisotopic (exact) mass is 322 g/mol. The molecule has 3 aromatic rings. The van der Waals surface area contributed by atoms with Crippen molar-refractivity contribution in [2.75, 3.05) is 5.32 Å². The van der Waals surface area contributed by atoms with Gasteiger partial charge in [-0.25, -0.2) is 10.8 Å². The quantitative estimate of drug-likeness (QED) is 0.240. The number of hydrazine groups is 1. The Morgan fingerprint density at radius 2 is 2.04 bits per heavy atom. The first-order chi connectivity index (χ1) is 11.5. The maximum absolute atomic E-state index is 12.3. The molecule has 1 atom stereocenters. The minimum absolute atomic E-state index is 0.414. The van der Waals surface area contributed by atoms with E-state index in [9.17, 15) is 9.59 Å². The Bertz CT molecular complexity index is 981. The highest BCUT2D eigenvalue weighted by Gasteiger charge is 2.49. The topological polar surface area (TPSA) is 126 Å². The van der Waals surface area contributed by atoms with E-state index in [1.807, 2.05) is 12.1 Å². The number of imidazole rings is 1. The van der Waals surface area contributed by atoms with E-state index >= 15 is 0 Å². The van der Waals surface area contributed by atoms with E-state index in [4.69, 9.17) is 5.84 Å². The van der Waals surface area contributed by atoms with Gasteiger partial charge >= 0.3 is 0 Å². The molecule has 2 amide bonds. The molecular weight excluding hydrogens is 308 g/mol. The van der Waals surface area contributed by atoms with Crippen molar-refractivity contribution in [1.29, 1.82) is 0 Å². The van der Waals surface area contributed by atoms with Gasteiger partial charge in [0.15, 0.2) is 5.41 Å². The third-order valence-corrected chi connectivity index (χ3v) is 4.40. The van der Waals surface area contributed by atoms with Crippen molar-refractivity contribution >= 4 is 28.5 Å². The van der Waals surface area contributed by atoms with Gasteiger partial charge in [-0.2, -0.15) is 0 Å². The van der Waals surface area contributed by atoms with Crippen molar-refractivity contribution in [2.24, 2.45) is 5.84 Å². The number of aromatic amines is 1. The number of fused-ring (bicyclic) bond motifs is 2. The first-order valence-electron chi connectivity index (χ1n) is 7.31. The number of carbonyl (C=O) groups is 2. The van der Waals surface area contributed by atoms with Crippen molar-refractivity contribution in [3.8, 4) is 11.4 Å². The van der Waals surface area contributed by atoms with Crippen LogP contribution in [0.1, 0.15) is 12.5 Å². The predicted octanol–water partition coefficient (Wildman–Crippen LogP) is 0.825. The van der Waals surface area contributed by atoms with Crippen LogP contribution in [0.5, 0.6) is 0 Å². The summed E-state index contributed by atoms with van der Waals surface area (Å²) in [4.78, 5) is 36.2. The zero-order valence-corrected chi connectivity index (χ0v) is 12.8. The molecular formula is C16H14N6O2. The molecule has 2 aromatic heterocycles. The van der Waals surface area contributed by atoms with Crippen LogP contribution in [0.15, 0.2) is 36.7 Å². The molecule has 0 fully saturated rings. The van der Waals surface area contributed by atoms with Crippen LogP contribution in [-0.2, 0) is 15.0 Å². The number of carbonyl (C=O) groups excluding carboxylic acids is 2. The summed E-state index contributed by atoms with van der Waals surface area (Å²) in [5, 5.41) is 2.73. The number of nitrogens with zero attached hydrogens (tertiary/aromatic N) is 2. The molecule has 0 saturated carbocycles. The lowest BCUT2D eigenvalue weighted by atomic mass is 9.83. The van der Waals surface area contributed by atoms with Crippen LogP contribution in [0.2, 0.25) is 0 Å². The average molecular weight is 322 g/mol. The van der Waals surface area contributed by atoms with Crippen molar-refractivity contribution in [3.05, 3.63) is 42.2 Å². The molecule has 1 aromatic carbocycles. The zero-order valence-electron chi connectivity index (χ0n) is 12.8. The minimum atomic E-state index is -1.38. The molecule has 3 heterocycles. The number of hydrogen-bond acceptors (Lipinski definition) is 5. The second-order valence-corrected chi connectivity index (χ2v) is 5.79. The van der Waals surface area contributed by atoms with E-state index in [1.54, 1.807) is 31.5 Å². The summed E-state index contributed by atoms with van der Waals surface area (Å²) in [6, 6.07) is 7.20. The zero-order chi connectivity index (χ0) is 16.9. The molecule has 1 aliphatic heterocycles. The van der Waals surface area contributed by atoms with Gasteiger partial charge in [0.25, 0.3) is 5.91 Å². The Morgan fingerprint density at radius 3 is 2.75 bits per heavy atom. The molecule has 1 aliphatic rings. The molecule has 8 heteroatoms. The summed E-state index contributed by atoms with van der Waals surface area (Å²) >= 11 is 0. The molecule has 8 nitrogen and oxygen atoms in total. The van der Waals surface area contributed by atoms with Gasteiger partial charge in [0, 0.05) is 29.2 Å². The fraction of sp³-hybridized carbons (Fsp3) is 0.125. The summed E-state index contributed by atoms with van der Waals surface area (Å²) in [6.45, 7) is 1.54. The van der Waals surface area contributed by atoms with E-state index in [0.29, 0.717) is 22.6 Å². The minimum Gasteiger partial charge on any atom is -0.338 e. The van der Waals surface area contributed by atoms with Gasteiger partial charge in [-0.1, -0.05) is 0 Å². The standard InChI is InChI=1S/C16H14N6O2/c1-16(15(24)22-17)9-6-11-12(7-10(9)21-14(16)23)20-13(19-11)8-2-4-18-5-3-8/h2-7H,17H2,1H3,(H,19,20)(H,21,23)(H,22,24). The molecule has 0 bridgehead atoms. The Morgan fingerprint density at radius 1 is 1.29 bits per heavy atom. The molecule has 120 valence electrons. The number of nitrogens with one attached hydrogen (secondary N) is 3. The second-order valence-electron chi connectivity index (χ2n) is 5.79. The van der Waals surface area contributed by atoms with Gasteiger partial charge < -0.3 is 10.3 Å². The molecule has 0 aliphatic carbocycles. The number of pyridine rings is 1. The Balaban J connectivity index is 1.89. The highest BCUT2D eigenvalue weighted by molar-refractivity contribution is 6.21. The summed E-state index contributed by atoms with van der Waals surface area (Å²) in [5.74, 6) is 4.95. The molecule has 24 heavy (non-hydrogen) atoms. The molecule has 1 unspecified atom stereocenters. The summed E-state index contributed by atoms with van der Waals surface area (Å²) < 4.78 is 0. The van der Waals surface area contributed by atoms with Crippen LogP contribution in [0.3, 0.4) is 0 Å². The second kappa shape index (κ2) is 4.87. The van der Waals surface area contributed by atoms with Gasteiger partial charge in [-0.05, 0) is 31.2 Å². The Kier molecular flexibility index (Phi) is 2.91. The first kappa shape index (κ1) is 14.3. The molecule has 0 radical (unpaired) electrons. The summed E-state index contributed by atoms with van der Waals surface area (Å²) in [5.41, 5.74) is 4.13. The number of aromatic nitrogens is 3. The lowest BCUT2D eigenvalue weighted by Gasteiger charge is -2.19. The SMILES string of the molecule is CC1(C(=O)NN)C(=O)Nc2cc3[nH]c(-c4ccncc4)nc3cc21. The molecule has 0 spiro atoms. The van der Waals surface area contributed by atoms with Crippen LogP contribution in [0, 0.1) is 0 Å². The number of H-pyrrole nitrogens is 1. The lowest BCUT2D eigenvalue weighted by Crippen LogP contribution is -2.49. The summed E-state index contributed by atoms with van der Waals surface area (Å²) in [6.07, 6.45) is 3.37. The van der Waals surface area contributed by atoms with E-state index in [-0.39, 0.29) is 0 Å². The van der Waals surface area contributed by atoms with Crippen molar-refractivity contribution in [1.82, 2.24) is 20.4 Å². The van der Waals surface area contributed by atoms with Crippen LogP contribution in [0.25, 0.3) is 22.4 Å². The van der Waals surface area contributed by atoms with Crippen LogP contribution in [-0.4, -0.2) is 26.8 Å². The normalized spacial score (nSPS) is 19.2. The number of amides is 2. The van der Waals surface area contributed by atoms with E-state index in [0.717, 1.165) is 11.1 Å². The Labute approximate surface area is 136 Å². The van der Waals surface area contributed by atoms with E-state index in [1.165, 1.54) is 0 Å². The smallest absolute Gasteiger partial charge is 0.253 e. The highest BCUT2D eigenvalue weighted by atomic mass is 16.2. The van der Waals surface area contributed by atoms with Crippen LogP contribution >= 0.6 is 0 Å². The maximum atomic E-state index is 12.3. The number of hydrogen-bond donors (Lipinski definition) is 4. The third kappa shape index (κ3) is 1.83. The molecule has 0 saturated heterocycles. The van der Waals surface area contributed by atoms with E-state index in [2.05, 4.69) is 25.7 Å². The molecule has 4 rings (SSSR count). The number of anilines is 1. The number of nitrogens with two attached hydrogens (primary N) is 1. The van der Waals surface area contributed by atoms with Crippen LogP contribution in [0.4, 0.5) is 5.69 Å². The first-order valence-corrected chi connectivity index (χ1v) is 7.31. The van der Waals surface area contributed by atoms with Gasteiger partial charge in [0.05, 0.1) is 11.0 Å². The van der Waals surface area contributed by atoms with Crippen molar-refractivity contribution in [2.45, 2.75) is 12.3 Å². The molecule has 5 N–H and O–H groups in total. The highest BCUT2D eigenvalue weighted by Crippen LogP contribution is 2.40. The van der Waals surface area contributed by atoms with Crippen molar-refractivity contribution in [3.63, 3.8) is 0 Å². The lowest BCUT2D eigenvalue weighted by molar-refractivity contribution is -0.133. The third-order valence-electron chi connectivity index (χ3n) is 4.40. The van der Waals surface area contributed by atoms with Gasteiger partial charge in [0.2, 0.25) is 5.91 Å². The number of benzene rings is 1. The largest absolute Gasteiger partial charge is 0.338 e. The fourth-order valence-electron chi connectivity index (χ4n) is 2.96. The maximum Gasteiger partial charge on any atom is 0.253 e. The van der Waals surface area contributed by atoms with Crippen molar-refractivity contribution < 1.29 is 9.59 Å². The fourth-order valence-corrected chi connectivity index (χ4v) is 2.96. The van der Waals surface area contributed by atoms with E-state index < -0.39 is 17.2 Å². The predicted molar refractivity (Wildman–Crippen MR) is 87.6 cm³/mol.